The topological polar surface area (TPSA) is 86.9 Å². The Bertz CT molecular complexity index is 648. The molecular weight excluding hydrogens is 268 g/mol. The molecule has 2 amide bonds. The second-order valence-electron chi connectivity index (χ2n) is 5.47. The van der Waals surface area contributed by atoms with Crippen molar-refractivity contribution in [1.82, 2.24) is 20.6 Å². The fraction of sp³-hybridized carbons (Fsp3) is 0.400. The molecular formula is C15H20N4O2. The van der Waals surface area contributed by atoms with E-state index in [0.717, 1.165) is 11.0 Å². The highest BCUT2D eigenvalue weighted by Gasteiger charge is 2.16. The Morgan fingerprint density at radius 1 is 1.29 bits per heavy atom. The summed E-state index contributed by atoms with van der Waals surface area (Å²) in [5, 5.41) is 5.49. The Labute approximate surface area is 123 Å². The molecule has 0 spiro atoms. The molecule has 0 aliphatic carbocycles. The van der Waals surface area contributed by atoms with Crippen molar-refractivity contribution in [1.29, 1.82) is 0 Å². The summed E-state index contributed by atoms with van der Waals surface area (Å²) in [5.41, 5.74) is 2.09. The van der Waals surface area contributed by atoms with E-state index in [1.807, 2.05) is 13.8 Å². The number of benzene rings is 1. The normalized spacial score (nSPS) is 12.4. The zero-order valence-electron chi connectivity index (χ0n) is 12.4. The zero-order valence-corrected chi connectivity index (χ0v) is 12.4. The number of H-pyrrole nitrogens is 1. The SMILES string of the molecule is CC(C)CNC(=O)C(C)NC(=O)c1ccc2nc[nH]c2c1. The summed E-state index contributed by atoms with van der Waals surface area (Å²) < 4.78 is 0. The third-order valence-electron chi connectivity index (χ3n) is 3.11. The van der Waals surface area contributed by atoms with E-state index >= 15 is 0 Å². The maximum atomic E-state index is 12.1. The number of nitrogens with one attached hydrogen (secondary N) is 3. The van der Waals surface area contributed by atoms with Crippen molar-refractivity contribution in [2.24, 2.45) is 5.92 Å². The van der Waals surface area contributed by atoms with Crippen molar-refractivity contribution in [3.05, 3.63) is 30.1 Å². The van der Waals surface area contributed by atoms with Crippen LogP contribution in [0.3, 0.4) is 0 Å². The average molecular weight is 288 g/mol. The lowest BCUT2D eigenvalue weighted by Crippen LogP contribution is -2.45. The molecule has 1 atom stereocenters. The van der Waals surface area contributed by atoms with Crippen LogP contribution in [0.1, 0.15) is 31.1 Å². The standard InChI is InChI=1S/C15H20N4O2/c1-9(2)7-16-14(20)10(3)19-15(21)11-4-5-12-13(6-11)18-8-17-12/h4-6,8-10H,7H2,1-3H3,(H,16,20)(H,17,18)(H,19,21). The Balaban J connectivity index is 1.98. The third-order valence-corrected chi connectivity index (χ3v) is 3.11. The number of carbonyl (C=O) groups excluding carboxylic acids is 2. The van der Waals surface area contributed by atoms with Gasteiger partial charge in [0.15, 0.2) is 0 Å². The van der Waals surface area contributed by atoms with E-state index in [2.05, 4.69) is 20.6 Å². The van der Waals surface area contributed by atoms with Crippen LogP contribution in [0.25, 0.3) is 11.0 Å². The van der Waals surface area contributed by atoms with Gasteiger partial charge in [0.05, 0.1) is 17.4 Å². The van der Waals surface area contributed by atoms with Gasteiger partial charge in [0.2, 0.25) is 5.91 Å². The number of aromatic nitrogens is 2. The predicted octanol–water partition coefficient (Wildman–Crippen LogP) is 1.45. The van der Waals surface area contributed by atoms with Crippen LogP contribution in [0.15, 0.2) is 24.5 Å². The van der Waals surface area contributed by atoms with Gasteiger partial charge in [-0.15, -0.1) is 0 Å². The molecule has 112 valence electrons. The van der Waals surface area contributed by atoms with Crippen LogP contribution in [0.4, 0.5) is 0 Å². The Kier molecular flexibility index (Phi) is 4.57. The molecule has 21 heavy (non-hydrogen) atoms. The number of amides is 2. The lowest BCUT2D eigenvalue weighted by atomic mass is 10.1. The number of aromatic amines is 1. The van der Waals surface area contributed by atoms with Crippen molar-refractivity contribution in [2.75, 3.05) is 6.54 Å². The molecule has 0 saturated heterocycles. The van der Waals surface area contributed by atoms with Crippen LogP contribution in [0.5, 0.6) is 0 Å². The minimum atomic E-state index is -0.575. The first-order valence-corrected chi connectivity index (χ1v) is 6.99. The minimum absolute atomic E-state index is 0.181. The molecule has 0 saturated carbocycles. The molecule has 0 fully saturated rings. The Morgan fingerprint density at radius 3 is 2.76 bits per heavy atom. The molecule has 3 N–H and O–H groups in total. The van der Waals surface area contributed by atoms with Crippen LogP contribution in [-0.4, -0.2) is 34.4 Å². The summed E-state index contributed by atoms with van der Waals surface area (Å²) in [4.78, 5) is 31.0. The highest BCUT2D eigenvalue weighted by Crippen LogP contribution is 2.11. The first kappa shape index (κ1) is 15.0. The second kappa shape index (κ2) is 6.39. The van der Waals surface area contributed by atoms with Gasteiger partial charge in [-0.25, -0.2) is 4.98 Å². The van der Waals surface area contributed by atoms with Crippen LogP contribution in [0, 0.1) is 5.92 Å². The second-order valence-corrected chi connectivity index (χ2v) is 5.47. The summed E-state index contributed by atoms with van der Waals surface area (Å²) in [6.07, 6.45) is 1.58. The third kappa shape index (κ3) is 3.81. The van der Waals surface area contributed by atoms with Gasteiger partial charge in [0.25, 0.3) is 5.91 Å². The monoisotopic (exact) mass is 288 g/mol. The highest BCUT2D eigenvalue weighted by molar-refractivity contribution is 5.99. The van der Waals surface area contributed by atoms with E-state index in [-0.39, 0.29) is 11.8 Å². The summed E-state index contributed by atoms with van der Waals surface area (Å²) in [6, 6.07) is 4.60. The van der Waals surface area contributed by atoms with Crippen LogP contribution in [-0.2, 0) is 4.79 Å². The van der Waals surface area contributed by atoms with E-state index in [4.69, 9.17) is 0 Å². The van der Waals surface area contributed by atoms with E-state index in [9.17, 15) is 9.59 Å². The number of rotatable bonds is 5. The number of hydrogen-bond acceptors (Lipinski definition) is 3. The molecule has 2 rings (SSSR count). The van der Waals surface area contributed by atoms with Gasteiger partial charge in [0.1, 0.15) is 6.04 Å². The number of nitrogens with zero attached hydrogens (tertiary/aromatic N) is 1. The molecule has 6 nitrogen and oxygen atoms in total. The van der Waals surface area contributed by atoms with E-state index in [1.165, 1.54) is 0 Å². The highest BCUT2D eigenvalue weighted by atomic mass is 16.2. The number of imidazole rings is 1. The average Bonchev–Trinajstić information content (AvgIpc) is 2.91. The number of fused-ring (bicyclic) bond motifs is 1. The summed E-state index contributed by atoms with van der Waals surface area (Å²) in [7, 11) is 0. The molecule has 1 heterocycles. The first-order chi connectivity index (χ1) is 9.97. The first-order valence-electron chi connectivity index (χ1n) is 6.99. The molecule has 1 unspecified atom stereocenters. The zero-order chi connectivity index (χ0) is 15.4. The lowest BCUT2D eigenvalue weighted by Gasteiger charge is -2.15. The number of carbonyl (C=O) groups is 2. The van der Waals surface area contributed by atoms with Gasteiger partial charge in [-0.3, -0.25) is 9.59 Å². The van der Waals surface area contributed by atoms with Gasteiger partial charge < -0.3 is 15.6 Å². The summed E-state index contributed by atoms with van der Waals surface area (Å²) >= 11 is 0. The number of hydrogen-bond donors (Lipinski definition) is 3. The maximum absolute atomic E-state index is 12.1. The van der Waals surface area contributed by atoms with Crippen molar-refractivity contribution in [2.45, 2.75) is 26.8 Å². The molecule has 6 heteroatoms. The fourth-order valence-electron chi connectivity index (χ4n) is 1.88. The quantitative estimate of drug-likeness (QED) is 0.778. The molecule has 2 aromatic rings. The van der Waals surface area contributed by atoms with Crippen molar-refractivity contribution < 1.29 is 9.59 Å². The molecule has 0 aliphatic heterocycles. The van der Waals surface area contributed by atoms with E-state index in [1.54, 1.807) is 31.5 Å². The van der Waals surface area contributed by atoms with Gasteiger partial charge in [-0.05, 0) is 31.0 Å². The van der Waals surface area contributed by atoms with Crippen LogP contribution in [0.2, 0.25) is 0 Å². The Morgan fingerprint density at radius 2 is 2.05 bits per heavy atom. The predicted molar refractivity (Wildman–Crippen MR) is 80.9 cm³/mol. The maximum Gasteiger partial charge on any atom is 0.251 e. The summed E-state index contributed by atoms with van der Waals surface area (Å²) in [5.74, 6) is -0.0852. The molecule has 0 aliphatic rings. The van der Waals surface area contributed by atoms with Gasteiger partial charge in [0, 0.05) is 12.1 Å². The molecule has 0 radical (unpaired) electrons. The largest absolute Gasteiger partial charge is 0.354 e. The molecule has 0 bridgehead atoms. The van der Waals surface area contributed by atoms with Crippen molar-refractivity contribution in [3.8, 4) is 0 Å². The summed E-state index contributed by atoms with van der Waals surface area (Å²) in [6.45, 7) is 6.30. The lowest BCUT2D eigenvalue weighted by molar-refractivity contribution is -0.122. The van der Waals surface area contributed by atoms with E-state index < -0.39 is 6.04 Å². The van der Waals surface area contributed by atoms with Crippen molar-refractivity contribution in [3.63, 3.8) is 0 Å². The van der Waals surface area contributed by atoms with Gasteiger partial charge in [-0.2, -0.15) is 0 Å². The van der Waals surface area contributed by atoms with Crippen molar-refractivity contribution >= 4 is 22.8 Å². The Hall–Kier alpha value is -2.37. The van der Waals surface area contributed by atoms with E-state index in [0.29, 0.717) is 18.0 Å². The van der Waals surface area contributed by atoms with Gasteiger partial charge >= 0.3 is 0 Å². The minimum Gasteiger partial charge on any atom is -0.354 e. The molecule has 1 aromatic heterocycles. The fourth-order valence-corrected chi connectivity index (χ4v) is 1.88. The van der Waals surface area contributed by atoms with Crippen LogP contribution >= 0.6 is 0 Å². The smallest absolute Gasteiger partial charge is 0.251 e. The molecule has 1 aromatic carbocycles. The van der Waals surface area contributed by atoms with Gasteiger partial charge in [-0.1, -0.05) is 13.8 Å². The van der Waals surface area contributed by atoms with Crippen LogP contribution < -0.4 is 10.6 Å².